The van der Waals surface area contributed by atoms with Crippen LogP contribution in [-0.4, -0.2) is 35.7 Å². The van der Waals surface area contributed by atoms with Crippen LogP contribution in [0.5, 0.6) is 11.8 Å². The number of aryl methyl sites for hydroxylation is 1. The minimum absolute atomic E-state index is 0.0268. The summed E-state index contributed by atoms with van der Waals surface area (Å²) in [5, 5.41) is 2.84. The number of hydrogen-bond donors (Lipinski definition) is 1. The zero-order valence-electron chi connectivity index (χ0n) is 13.0. The van der Waals surface area contributed by atoms with Gasteiger partial charge in [-0.1, -0.05) is 0 Å². The van der Waals surface area contributed by atoms with Crippen molar-refractivity contribution in [2.24, 2.45) is 0 Å². The summed E-state index contributed by atoms with van der Waals surface area (Å²) in [6.07, 6.45) is 2.84. The third-order valence-corrected chi connectivity index (χ3v) is 3.90. The summed E-state index contributed by atoms with van der Waals surface area (Å²) >= 11 is 0. The number of ether oxygens (including phenoxy) is 2. The first kappa shape index (κ1) is 14.7. The van der Waals surface area contributed by atoms with Crippen molar-refractivity contribution in [1.82, 2.24) is 14.9 Å². The molecular weight excluding hydrogens is 282 g/mol. The van der Waals surface area contributed by atoms with Gasteiger partial charge in [0.1, 0.15) is 0 Å². The van der Waals surface area contributed by atoms with Gasteiger partial charge >= 0.3 is 0 Å². The molecule has 0 saturated heterocycles. The molecule has 0 aliphatic carbocycles. The van der Waals surface area contributed by atoms with Crippen LogP contribution in [0.2, 0.25) is 0 Å². The summed E-state index contributed by atoms with van der Waals surface area (Å²) in [4.78, 5) is 15.7. The summed E-state index contributed by atoms with van der Waals surface area (Å²) in [6.45, 7) is 3.75. The normalized spacial score (nSPS) is 14.1. The largest absolute Gasteiger partial charge is 0.481 e. The predicted molar refractivity (Wildman–Crippen MR) is 83.4 cm³/mol. The van der Waals surface area contributed by atoms with Crippen molar-refractivity contribution >= 4 is 16.9 Å². The fourth-order valence-corrected chi connectivity index (χ4v) is 2.88. The number of nitrogens with zero attached hydrogens (tertiary/aromatic N) is 2. The monoisotopic (exact) mass is 303 g/mol. The second-order valence-electron chi connectivity index (χ2n) is 5.45. The Bertz CT molecular complexity index is 693. The van der Waals surface area contributed by atoms with E-state index < -0.39 is 0 Å². The molecule has 3 heterocycles. The van der Waals surface area contributed by atoms with Crippen LogP contribution in [0.15, 0.2) is 12.1 Å². The van der Waals surface area contributed by atoms with E-state index in [0.717, 1.165) is 48.5 Å². The third kappa shape index (κ3) is 2.73. The van der Waals surface area contributed by atoms with Crippen LogP contribution in [0.3, 0.4) is 0 Å². The third-order valence-electron chi connectivity index (χ3n) is 3.90. The molecule has 22 heavy (non-hydrogen) atoms. The number of carbonyl (C=O) groups is 1. The van der Waals surface area contributed by atoms with E-state index in [-0.39, 0.29) is 5.91 Å². The Hall–Kier alpha value is -2.24. The molecule has 0 fully saturated rings. The Balaban J connectivity index is 2.05. The Morgan fingerprint density at radius 2 is 2.32 bits per heavy atom. The predicted octanol–water partition coefficient (Wildman–Crippen LogP) is 1.90. The molecular formula is C16H21N3O3. The van der Waals surface area contributed by atoms with E-state index in [1.54, 1.807) is 7.11 Å². The maximum atomic E-state index is 11.1. The lowest BCUT2D eigenvalue weighted by molar-refractivity contribution is -0.118. The van der Waals surface area contributed by atoms with E-state index in [9.17, 15) is 4.79 Å². The number of hydrogen-bond acceptors (Lipinski definition) is 4. The van der Waals surface area contributed by atoms with E-state index in [1.165, 1.54) is 6.92 Å². The smallest absolute Gasteiger partial charge is 0.216 e. The van der Waals surface area contributed by atoms with Gasteiger partial charge in [-0.05, 0) is 25.3 Å². The zero-order chi connectivity index (χ0) is 15.5. The molecule has 1 aliphatic heterocycles. The highest BCUT2D eigenvalue weighted by Gasteiger charge is 2.21. The van der Waals surface area contributed by atoms with Gasteiger partial charge in [0.15, 0.2) is 5.88 Å². The van der Waals surface area contributed by atoms with E-state index in [4.69, 9.17) is 9.47 Å². The molecule has 1 amide bonds. The number of nitrogens with one attached hydrogen (secondary N) is 1. The molecule has 2 aromatic heterocycles. The number of carbonyl (C=O) groups excluding carboxylic acids is 1. The molecule has 6 heteroatoms. The van der Waals surface area contributed by atoms with Gasteiger partial charge in [0.25, 0.3) is 0 Å². The summed E-state index contributed by atoms with van der Waals surface area (Å²) in [7, 11) is 1.61. The molecule has 1 aliphatic rings. The highest BCUT2D eigenvalue weighted by molar-refractivity contribution is 5.84. The first-order chi connectivity index (χ1) is 10.7. The molecule has 2 aromatic rings. The Kier molecular flexibility index (Phi) is 4.18. The van der Waals surface area contributed by atoms with E-state index >= 15 is 0 Å². The second-order valence-corrected chi connectivity index (χ2v) is 5.45. The van der Waals surface area contributed by atoms with Crippen LogP contribution < -0.4 is 14.8 Å². The van der Waals surface area contributed by atoms with Crippen LogP contribution in [0.1, 0.15) is 25.3 Å². The number of fused-ring (bicyclic) bond motifs is 3. The highest BCUT2D eigenvalue weighted by atomic mass is 16.5. The first-order valence-electron chi connectivity index (χ1n) is 7.64. The molecule has 6 nitrogen and oxygen atoms in total. The fourth-order valence-electron chi connectivity index (χ4n) is 2.88. The average Bonchev–Trinajstić information content (AvgIpc) is 2.67. The maximum Gasteiger partial charge on any atom is 0.216 e. The number of rotatable bonds is 4. The van der Waals surface area contributed by atoms with Crippen LogP contribution in [-0.2, 0) is 17.8 Å². The zero-order valence-corrected chi connectivity index (χ0v) is 13.0. The highest BCUT2D eigenvalue weighted by Crippen LogP contribution is 2.34. The van der Waals surface area contributed by atoms with Gasteiger partial charge in [-0.3, -0.25) is 4.79 Å². The first-order valence-corrected chi connectivity index (χ1v) is 7.64. The van der Waals surface area contributed by atoms with Gasteiger partial charge in [0, 0.05) is 31.6 Å². The Morgan fingerprint density at radius 3 is 3.09 bits per heavy atom. The van der Waals surface area contributed by atoms with Gasteiger partial charge in [0.05, 0.1) is 24.8 Å². The van der Waals surface area contributed by atoms with Gasteiger partial charge < -0.3 is 19.4 Å². The van der Waals surface area contributed by atoms with E-state index in [1.807, 2.05) is 12.1 Å². The van der Waals surface area contributed by atoms with Crippen LogP contribution in [0.25, 0.3) is 11.0 Å². The molecule has 3 rings (SSSR count). The number of aromatic nitrogens is 2. The molecule has 0 spiro atoms. The standard InChI is InChI=1S/C16H21N3O3/c1-11(20)17-8-7-12-15-13(5-6-14(18-15)21-2)19-9-3-4-10-22-16(12)19/h5-6H,3-4,7-10H2,1-2H3,(H,17,20). The van der Waals surface area contributed by atoms with Gasteiger partial charge in [0.2, 0.25) is 11.8 Å². The quantitative estimate of drug-likeness (QED) is 0.937. The van der Waals surface area contributed by atoms with Crippen molar-refractivity contribution in [2.75, 3.05) is 20.3 Å². The summed E-state index contributed by atoms with van der Waals surface area (Å²) < 4.78 is 13.4. The molecule has 1 N–H and O–H groups in total. The fraction of sp³-hybridized carbons (Fsp3) is 0.500. The van der Waals surface area contributed by atoms with Gasteiger partial charge in [-0.25, -0.2) is 4.98 Å². The van der Waals surface area contributed by atoms with Crippen LogP contribution >= 0.6 is 0 Å². The number of methoxy groups -OCH3 is 1. The summed E-state index contributed by atoms with van der Waals surface area (Å²) in [5.74, 6) is 1.45. The van der Waals surface area contributed by atoms with Crippen molar-refractivity contribution in [3.8, 4) is 11.8 Å². The molecule has 0 aromatic carbocycles. The lowest BCUT2D eigenvalue weighted by atomic mass is 10.2. The van der Waals surface area contributed by atoms with Gasteiger partial charge in [-0.2, -0.15) is 0 Å². The lowest BCUT2D eigenvalue weighted by Gasteiger charge is -2.08. The van der Waals surface area contributed by atoms with Crippen LogP contribution in [0.4, 0.5) is 0 Å². The molecule has 0 atom stereocenters. The average molecular weight is 303 g/mol. The van der Waals surface area contributed by atoms with Crippen molar-refractivity contribution < 1.29 is 14.3 Å². The number of amides is 1. The minimum atomic E-state index is -0.0268. The topological polar surface area (TPSA) is 65.4 Å². The molecule has 0 saturated carbocycles. The van der Waals surface area contributed by atoms with Gasteiger partial charge in [-0.15, -0.1) is 0 Å². The van der Waals surface area contributed by atoms with Crippen molar-refractivity contribution in [2.45, 2.75) is 32.7 Å². The summed E-state index contributed by atoms with van der Waals surface area (Å²) in [6, 6.07) is 3.90. The maximum absolute atomic E-state index is 11.1. The van der Waals surface area contributed by atoms with Crippen molar-refractivity contribution in [3.63, 3.8) is 0 Å². The van der Waals surface area contributed by atoms with E-state index in [2.05, 4.69) is 14.9 Å². The summed E-state index contributed by atoms with van der Waals surface area (Å²) in [5.41, 5.74) is 3.02. The molecule has 0 radical (unpaired) electrons. The molecule has 0 bridgehead atoms. The number of pyridine rings is 1. The van der Waals surface area contributed by atoms with Crippen molar-refractivity contribution in [3.05, 3.63) is 17.7 Å². The Morgan fingerprint density at radius 1 is 1.45 bits per heavy atom. The Labute approximate surface area is 129 Å². The minimum Gasteiger partial charge on any atom is -0.481 e. The second kappa shape index (κ2) is 6.25. The molecule has 0 unspecified atom stereocenters. The van der Waals surface area contributed by atoms with Crippen LogP contribution in [0, 0.1) is 0 Å². The SMILES string of the molecule is COc1ccc2c(n1)c(CCNC(C)=O)c1n2CCCCO1. The van der Waals surface area contributed by atoms with Crippen molar-refractivity contribution in [1.29, 1.82) is 0 Å². The van der Waals surface area contributed by atoms with E-state index in [0.29, 0.717) is 18.8 Å². The lowest BCUT2D eigenvalue weighted by Crippen LogP contribution is -2.22. The molecule has 118 valence electrons.